The number of hydrogen-bond acceptors (Lipinski definition) is 4. The first-order valence-corrected chi connectivity index (χ1v) is 4.93. The van der Waals surface area contributed by atoms with Gasteiger partial charge in [0.15, 0.2) is 0 Å². The molecule has 1 aromatic rings. The van der Waals surface area contributed by atoms with Crippen molar-refractivity contribution >= 4 is 29.2 Å². The zero-order valence-electron chi connectivity index (χ0n) is 8.04. The van der Waals surface area contributed by atoms with Crippen molar-refractivity contribution in [3.05, 3.63) is 28.0 Å². The van der Waals surface area contributed by atoms with E-state index in [4.69, 9.17) is 28.9 Å². The topological polar surface area (TPSA) is 65.2 Å². The molecule has 2 N–H and O–H groups in total. The van der Waals surface area contributed by atoms with Gasteiger partial charge in [0.05, 0.1) is 7.11 Å². The molecule has 0 saturated carbocycles. The lowest BCUT2D eigenvalue weighted by Gasteiger charge is -2.09. The van der Waals surface area contributed by atoms with Gasteiger partial charge in [-0.3, -0.25) is 4.79 Å². The number of esters is 1. The Morgan fingerprint density at radius 3 is 2.87 bits per heavy atom. The Morgan fingerprint density at radius 2 is 2.33 bits per heavy atom. The van der Waals surface area contributed by atoms with E-state index in [2.05, 4.69) is 9.72 Å². The van der Waals surface area contributed by atoms with Crippen LogP contribution in [0.3, 0.4) is 0 Å². The highest BCUT2D eigenvalue weighted by molar-refractivity contribution is 6.34. The second kappa shape index (κ2) is 5.30. The molecule has 0 aliphatic heterocycles. The summed E-state index contributed by atoms with van der Waals surface area (Å²) in [6.45, 7) is 0. The van der Waals surface area contributed by atoms with Gasteiger partial charge >= 0.3 is 5.97 Å². The summed E-state index contributed by atoms with van der Waals surface area (Å²) in [6.07, 6.45) is 1.77. The van der Waals surface area contributed by atoms with E-state index in [9.17, 15) is 4.79 Å². The molecule has 0 aliphatic rings. The molecule has 0 bridgehead atoms. The van der Waals surface area contributed by atoms with Crippen molar-refractivity contribution in [2.75, 3.05) is 7.11 Å². The first-order chi connectivity index (χ1) is 7.04. The predicted octanol–water partition coefficient (Wildman–Crippen LogP) is 1.43. The second-order valence-electron chi connectivity index (χ2n) is 2.93. The molecular weight excluding hydrogens is 239 g/mol. The maximum atomic E-state index is 11.1. The minimum atomic E-state index is -0.740. The number of nitrogens with two attached hydrogens (primary N) is 1. The molecule has 4 nitrogen and oxygen atoms in total. The zero-order valence-corrected chi connectivity index (χ0v) is 9.55. The maximum Gasteiger partial charge on any atom is 0.322 e. The highest BCUT2D eigenvalue weighted by Crippen LogP contribution is 2.19. The third kappa shape index (κ3) is 3.34. The predicted molar refractivity (Wildman–Crippen MR) is 58.0 cm³/mol. The third-order valence-corrected chi connectivity index (χ3v) is 2.40. The maximum absolute atomic E-state index is 11.1. The van der Waals surface area contributed by atoms with Crippen LogP contribution in [0, 0.1) is 0 Å². The van der Waals surface area contributed by atoms with Crippen molar-refractivity contribution in [1.82, 2.24) is 4.98 Å². The number of hydrogen-bond donors (Lipinski definition) is 1. The SMILES string of the molecule is COC(=O)C(N)Cc1cnc(Cl)cc1Cl. The van der Waals surface area contributed by atoms with Gasteiger partial charge in [0.1, 0.15) is 11.2 Å². The van der Waals surface area contributed by atoms with Gasteiger partial charge < -0.3 is 10.5 Å². The van der Waals surface area contributed by atoms with Gasteiger partial charge in [0, 0.05) is 17.6 Å². The zero-order chi connectivity index (χ0) is 11.4. The Balaban J connectivity index is 2.76. The van der Waals surface area contributed by atoms with E-state index in [1.165, 1.54) is 19.4 Å². The Kier molecular flexibility index (Phi) is 4.32. The van der Waals surface area contributed by atoms with Crippen molar-refractivity contribution in [2.45, 2.75) is 12.5 Å². The van der Waals surface area contributed by atoms with Crippen LogP contribution in [0.1, 0.15) is 5.56 Å². The molecule has 0 saturated heterocycles. The third-order valence-electron chi connectivity index (χ3n) is 1.84. The lowest BCUT2D eigenvalue weighted by atomic mass is 10.1. The Bertz CT molecular complexity index is 371. The van der Waals surface area contributed by atoms with E-state index in [1.54, 1.807) is 0 Å². The van der Waals surface area contributed by atoms with Crippen LogP contribution < -0.4 is 5.73 Å². The molecule has 0 spiro atoms. The molecule has 1 heterocycles. The van der Waals surface area contributed by atoms with E-state index in [-0.39, 0.29) is 6.42 Å². The average Bonchev–Trinajstić information content (AvgIpc) is 2.20. The molecule has 15 heavy (non-hydrogen) atoms. The molecule has 0 aliphatic carbocycles. The van der Waals surface area contributed by atoms with Crippen molar-refractivity contribution in [2.24, 2.45) is 5.73 Å². The second-order valence-corrected chi connectivity index (χ2v) is 3.73. The minimum Gasteiger partial charge on any atom is -0.468 e. The fraction of sp³-hybridized carbons (Fsp3) is 0.333. The van der Waals surface area contributed by atoms with Crippen molar-refractivity contribution < 1.29 is 9.53 Å². The largest absolute Gasteiger partial charge is 0.468 e. The number of ether oxygens (including phenoxy) is 1. The minimum absolute atomic E-state index is 0.273. The number of nitrogens with zero attached hydrogens (tertiary/aromatic N) is 1. The monoisotopic (exact) mass is 248 g/mol. The van der Waals surface area contributed by atoms with Crippen LogP contribution in [-0.2, 0) is 16.0 Å². The molecule has 0 amide bonds. The average molecular weight is 249 g/mol. The molecule has 6 heteroatoms. The standard InChI is InChI=1S/C9H10Cl2N2O2/c1-15-9(14)7(12)2-5-4-13-8(11)3-6(5)10/h3-4,7H,2,12H2,1H3. The molecule has 1 atom stereocenters. The Hall–Kier alpha value is -0.840. The fourth-order valence-corrected chi connectivity index (χ4v) is 1.50. The van der Waals surface area contributed by atoms with Gasteiger partial charge in [-0.25, -0.2) is 4.98 Å². The van der Waals surface area contributed by atoms with E-state index < -0.39 is 12.0 Å². The van der Waals surface area contributed by atoms with Crippen LogP contribution in [-0.4, -0.2) is 24.1 Å². The molecule has 1 rings (SSSR count). The summed E-state index contributed by atoms with van der Waals surface area (Å²) in [7, 11) is 1.28. The lowest BCUT2D eigenvalue weighted by Crippen LogP contribution is -2.33. The highest BCUT2D eigenvalue weighted by atomic mass is 35.5. The highest BCUT2D eigenvalue weighted by Gasteiger charge is 2.16. The summed E-state index contributed by atoms with van der Waals surface area (Å²) in [6, 6.07) is 0.762. The number of methoxy groups -OCH3 is 1. The molecule has 1 unspecified atom stereocenters. The summed E-state index contributed by atoms with van der Waals surface area (Å²) in [5.41, 5.74) is 6.24. The van der Waals surface area contributed by atoms with Crippen molar-refractivity contribution in [1.29, 1.82) is 0 Å². The van der Waals surface area contributed by atoms with E-state index in [0.29, 0.717) is 15.7 Å². The Morgan fingerprint density at radius 1 is 1.67 bits per heavy atom. The first kappa shape index (κ1) is 12.2. The van der Waals surface area contributed by atoms with Crippen LogP contribution in [0.4, 0.5) is 0 Å². The number of halogens is 2. The summed E-state index contributed by atoms with van der Waals surface area (Å²) in [4.78, 5) is 14.9. The number of aromatic nitrogens is 1. The molecule has 0 fully saturated rings. The van der Waals surface area contributed by atoms with Gasteiger partial charge in [-0.2, -0.15) is 0 Å². The van der Waals surface area contributed by atoms with Crippen molar-refractivity contribution in [3.8, 4) is 0 Å². The van der Waals surface area contributed by atoms with Gasteiger partial charge in [0.25, 0.3) is 0 Å². The van der Waals surface area contributed by atoms with Crippen molar-refractivity contribution in [3.63, 3.8) is 0 Å². The molecule has 0 aromatic carbocycles. The van der Waals surface area contributed by atoms with E-state index in [0.717, 1.165) is 0 Å². The summed E-state index contributed by atoms with van der Waals surface area (Å²) >= 11 is 11.5. The number of carbonyl (C=O) groups is 1. The summed E-state index contributed by atoms with van der Waals surface area (Å²) < 4.78 is 4.49. The lowest BCUT2D eigenvalue weighted by molar-refractivity contribution is -0.142. The Labute approximate surface area is 97.3 Å². The van der Waals surface area contributed by atoms with E-state index in [1.807, 2.05) is 0 Å². The molecule has 0 radical (unpaired) electrons. The molecule has 1 aromatic heterocycles. The summed E-state index contributed by atoms with van der Waals surface area (Å²) in [5.74, 6) is -0.485. The molecule has 82 valence electrons. The van der Waals surface area contributed by atoms with Crippen LogP contribution in [0.2, 0.25) is 10.2 Å². The van der Waals surface area contributed by atoms with E-state index >= 15 is 0 Å². The van der Waals surface area contributed by atoms with Crippen LogP contribution >= 0.6 is 23.2 Å². The summed E-state index contributed by atoms with van der Waals surface area (Å²) in [5, 5.41) is 0.741. The van der Waals surface area contributed by atoms with Gasteiger partial charge in [-0.05, 0) is 11.6 Å². The quantitative estimate of drug-likeness (QED) is 0.650. The van der Waals surface area contributed by atoms with Crippen LogP contribution in [0.15, 0.2) is 12.3 Å². The van der Waals surface area contributed by atoms with Gasteiger partial charge in [-0.1, -0.05) is 23.2 Å². The fourth-order valence-electron chi connectivity index (χ4n) is 1.06. The van der Waals surface area contributed by atoms with Crippen LogP contribution in [0.25, 0.3) is 0 Å². The smallest absolute Gasteiger partial charge is 0.322 e. The normalized spacial score (nSPS) is 12.3. The number of rotatable bonds is 3. The van der Waals surface area contributed by atoms with Gasteiger partial charge in [0.2, 0.25) is 0 Å². The number of carbonyl (C=O) groups excluding carboxylic acids is 1. The van der Waals surface area contributed by atoms with Crippen LogP contribution in [0.5, 0.6) is 0 Å². The molecular formula is C9H10Cl2N2O2. The first-order valence-electron chi connectivity index (χ1n) is 4.18. The van der Waals surface area contributed by atoms with Gasteiger partial charge in [-0.15, -0.1) is 0 Å². The number of pyridine rings is 1.